The molecule has 8 heteroatoms. The summed E-state index contributed by atoms with van der Waals surface area (Å²) in [5.41, 5.74) is 2.96. The summed E-state index contributed by atoms with van der Waals surface area (Å²) in [6.45, 7) is 2.18. The van der Waals surface area contributed by atoms with Gasteiger partial charge in [0.1, 0.15) is 29.4 Å². The molecule has 7 nitrogen and oxygen atoms in total. The van der Waals surface area contributed by atoms with E-state index in [1.807, 2.05) is 34.9 Å². The van der Waals surface area contributed by atoms with Crippen LogP contribution in [-0.4, -0.2) is 37.4 Å². The molecular formula is C21H20FN7. The molecular weight excluding hydrogens is 369 g/mol. The van der Waals surface area contributed by atoms with Crippen LogP contribution in [0.3, 0.4) is 0 Å². The number of hydrogen-bond donors (Lipinski definition) is 1. The van der Waals surface area contributed by atoms with E-state index < -0.39 is 0 Å². The van der Waals surface area contributed by atoms with E-state index in [0.717, 1.165) is 43.0 Å². The van der Waals surface area contributed by atoms with Crippen LogP contribution in [0, 0.1) is 5.82 Å². The van der Waals surface area contributed by atoms with Gasteiger partial charge in [-0.05, 0) is 25.0 Å². The van der Waals surface area contributed by atoms with Crippen molar-refractivity contribution in [3.63, 3.8) is 0 Å². The maximum atomic E-state index is 14.5. The van der Waals surface area contributed by atoms with Gasteiger partial charge in [0.05, 0.1) is 17.6 Å². The van der Waals surface area contributed by atoms with Gasteiger partial charge in [0.25, 0.3) is 0 Å². The minimum atomic E-state index is -0.259. The Morgan fingerprint density at radius 3 is 2.76 bits per heavy atom. The Morgan fingerprint density at radius 1 is 1.00 bits per heavy atom. The van der Waals surface area contributed by atoms with Gasteiger partial charge in [-0.2, -0.15) is 0 Å². The Hall–Kier alpha value is -3.55. The van der Waals surface area contributed by atoms with Crippen molar-refractivity contribution in [1.29, 1.82) is 0 Å². The summed E-state index contributed by atoms with van der Waals surface area (Å²) in [6, 6.07) is 9.18. The van der Waals surface area contributed by atoms with Gasteiger partial charge in [-0.15, -0.1) is 0 Å². The van der Waals surface area contributed by atoms with Crippen molar-refractivity contribution in [2.75, 3.05) is 23.3 Å². The number of imidazole rings is 1. The highest BCUT2D eigenvalue weighted by Crippen LogP contribution is 2.22. The van der Waals surface area contributed by atoms with Gasteiger partial charge >= 0.3 is 0 Å². The Morgan fingerprint density at radius 2 is 1.90 bits per heavy atom. The summed E-state index contributed by atoms with van der Waals surface area (Å²) in [5.74, 6) is 1.06. The first-order valence-electron chi connectivity index (χ1n) is 9.66. The zero-order valence-corrected chi connectivity index (χ0v) is 15.8. The van der Waals surface area contributed by atoms with Crippen molar-refractivity contribution >= 4 is 17.3 Å². The maximum absolute atomic E-state index is 14.5. The molecule has 146 valence electrons. The largest absolute Gasteiger partial charge is 0.366 e. The molecule has 0 radical (unpaired) electrons. The molecule has 1 N–H and O–H groups in total. The van der Waals surface area contributed by atoms with Crippen molar-refractivity contribution in [3.05, 3.63) is 66.6 Å². The quantitative estimate of drug-likeness (QED) is 0.563. The fourth-order valence-corrected chi connectivity index (χ4v) is 3.60. The smallest absolute Gasteiger partial charge is 0.137 e. The van der Waals surface area contributed by atoms with E-state index in [4.69, 9.17) is 0 Å². The highest BCUT2D eigenvalue weighted by atomic mass is 19.1. The SMILES string of the molecule is Fc1cc(N2CCCC2)ncc1CNc1cc(-c2cnc3ccccn23)ncn1. The minimum Gasteiger partial charge on any atom is -0.366 e. The molecule has 0 amide bonds. The highest BCUT2D eigenvalue weighted by Gasteiger charge is 2.15. The standard InChI is InChI=1S/C21H20FN7/c22-16-9-21(28-6-3-4-7-28)24-12-15(16)11-23-19-10-17(26-14-27-19)18-13-25-20-5-1-2-8-29(18)20/h1-2,5,8-10,12-14H,3-4,6-7,11H2,(H,23,26,27). The predicted molar refractivity (Wildman–Crippen MR) is 109 cm³/mol. The molecule has 4 aromatic heterocycles. The predicted octanol–water partition coefficient (Wildman–Crippen LogP) is 3.54. The van der Waals surface area contributed by atoms with Crippen molar-refractivity contribution in [2.24, 2.45) is 0 Å². The zero-order chi connectivity index (χ0) is 19.6. The van der Waals surface area contributed by atoms with Gasteiger partial charge in [0, 0.05) is 49.7 Å². The molecule has 1 saturated heterocycles. The van der Waals surface area contributed by atoms with Crippen LogP contribution in [0.2, 0.25) is 0 Å². The third kappa shape index (κ3) is 3.49. The fraction of sp³-hybridized carbons (Fsp3) is 0.238. The van der Waals surface area contributed by atoms with Gasteiger partial charge in [0.2, 0.25) is 0 Å². The minimum absolute atomic E-state index is 0.259. The van der Waals surface area contributed by atoms with E-state index in [9.17, 15) is 4.39 Å². The number of rotatable bonds is 5. The second-order valence-electron chi connectivity index (χ2n) is 7.04. The first-order chi connectivity index (χ1) is 14.3. The van der Waals surface area contributed by atoms with E-state index in [-0.39, 0.29) is 5.82 Å². The van der Waals surface area contributed by atoms with Gasteiger partial charge in [-0.3, -0.25) is 4.40 Å². The molecule has 0 unspecified atom stereocenters. The van der Waals surface area contributed by atoms with Crippen LogP contribution in [0.25, 0.3) is 17.0 Å². The topological polar surface area (TPSA) is 71.2 Å². The molecule has 5 heterocycles. The van der Waals surface area contributed by atoms with Crippen LogP contribution in [0.1, 0.15) is 18.4 Å². The Kier molecular flexibility index (Phi) is 4.51. The molecule has 5 rings (SSSR count). The number of hydrogen-bond acceptors (Lipinski definition) is 6. The number of anilines is 2. The van der Waals surface area contributed by atoms with E-state index in [1.54, 1.807) is 12.4 Å². The molecule has 4 aromatic rings. The third-order valence-electron chi connectivity index (χ3n) is 5.15. The lowest BCUT2D eigenvalue weighted by Crippen LogP contribution is -2.19. The third-order valence-corrected chi connectivity index (χ3v) is 5.15. The van der Waals surface area contributed by atoms with Crippen molar-refractivity contribution in [2.45, 2.75) is 19.4 Å². The van der Waals surface area contributed by atoms with E-state index in [1.165, 1.54) is 12.4 Å². The number of halogens is 1. The van der Waals surface area contributed by atoms with Crippen LogP contribution < -0.4 is 10.2 Å². The summed E-state index contributed by atoms with van der Waals surface area (Å²) in [6.07, 6.45) is 9.08. The summed E-state index contributed by atoms with van der Waals surface area (Å²) in [5, 5.41) is 3.17. The molecule has 29 heavy (non-hydrogen) atoms. The van der Waals surface area contributed by atoms with Crippen LogP contribution in [-0.2, 0) is 6.54 Å². The lowest BCUT2D eigenvalue weighted by molar-refractivity contribution is 0.609. The van der Waals surface area contributed by atoms with Crippen LogP contribution in [0.5, 0.6) is 0 Å². The molecule has 0 bridgehead atoms. The Bertz CT molecular complexity index is 1150. The molecule has 1 aliphatic heterocycles. The fourth-order valence-electron chi connectivity index (χ4n) is 3.60. The maximum Gasteiger partial charge on any atom is 0.137 e. The average molecular weight is 389 g/mol. The molecule has 1 aliphatic rings. The van der Waals surface area contributed by atoms with E-state index in [2.05, 4.69) is 30.2 Å². The first kappa shape index (κ1) is 17.5. The normalized spacial score (nSPS) is 13.9. The van der Waals surface area contributed by atoms with Crippen LogP contribution >= 0.6 is 0 Å². The van der Waals surface area contributed by atoms with Gasteiger partial charge in [-0.25, -0.2) is 24.3 Å². The highest BCUT2D eigenvalue weighted by molar-refractivity contribution is 5.62. The summed E-state index contributed by atoms with van der Waals surface area (Å²) in [7, 11) is 0. The number of pyridine rings is 2. The van der Waals surface area contributed by atoms with E-state index >= 15 is 0 Å². The van der Waals surface area contributed by atoms with Crippen LogP contribution in [0.15, 0.2) is 55.2 Å². The second kappa shape index (κ2) is 7.46. The number of nitrogens with one attached hydrogen (secondary N) is 1. The first-order valence-corrected chi connectivity index (χ1v) is 9.66. The molecule has 1 fully saturated rings. The number of aromatic nitrogens is 5. The number of fused-ring (bicyclic) bond motifs is 1. The van der Waals surface area contributed by atoms with Crippen molar-refractivity contribution in [3.8, 4) is 11.4 Å². The summed E-state index contributed by atoms with van der Waals surface area (Å²) in [4.78, 5) is 19.5. The molecule has 0 aromatic carbocycles. The average Bonchev–Trinajstić information content (AvgIpc) is 3.43. The van der Waals surface area contributed by atoms with Crippen molar-refractivity contribution in [1.82, 2.24) is 24.3 Å². The monoisotopic (exact) mass is 389 g/mol. The van der Waals surface area contributed by atoms with Gasteiger partial charge in [-0.1, -0.05) is 6.07 Å². The zero-order valence-electron chi connectivity index (χ0n) is 15.8. The Balaban J connectivity index is 1.33. The number of nitrogens with zero attached hydrogens (tertiary/aromatic N) is 6. The van der Waals surface area contributed by atoms with E-state index in [0.29, 0.717) is 23.7 Å². The van der Waals surface area contributed by atoms with Gasteiger partial charge < -0.3 is 10.2 Å². The molecule has 0 spiro atoms. The summed E-state index contributed by atoms with van der Waals surface area (Å²) >= 11 is 0. The lowest BCUT2D eigenvalue weighted by Gasteiger charge is -2.17. The lowest BCUT2D eigenvalue weighted by atomic mass is 10.2. The van der Waals surface area contributed by atoms with Crippen molar-refractivity contribution < 1.29 is 4.39 Å². The Labute approximate surface area is 167 Å². The second-order valence-corrected chi connectivity index (χ2v) is 7.04. The molecule has 0 aliphatic carbocycles. The summed E-state index contributed by atoms with van der Waals surface area (Å²) < 4.78 is 16.5. The molecule has 0 atom stereocenters. The van der Waals surface area contributed by atoms with Gasteiger partial charge in [0.15, 0.2) is 0 Å². The molecule has 0 saturated carbocycles. The van der Waals surface area contributed by atoms with Crippen LogP contribution in [0.4, 0.5) is 16.0 Å².